The molecular formula is C22H36ClN3O3. The van der Waals surface area contributed by atoms with E-state index in [1.165, 1.54) is 4.90 Å². The standard InChI is InChI=1S/C22H35N3O3.ClH/c1-5-19(24-21(26)14-16(2)17-10-12-23-13-11-17)18-8-6-7-9-20(18)28-15-22(27)25(3)4;/h6-9,16-17,19,23H,5,10-15H2,1-4H3,(H,24,26);1H. The molecule has 1 aromatic rings. The van der Waals surface area contributed by atoms with Crippen molar-refractivity contribution in [2.24, 2.45) is 11.8 Å². The summed E-state index contributed by atoms with van der Waals surface area (Å²) in [7, 11) is 3.41. The van der Waals surface area contributed by atoms with E-state index in [0.29, 0.717) is 24.0 Å². The minimum atomic E-state index is -0.126. The fourth-order valence-corrected chi connectivity index (χ4v) is 3.69. The molecule has 2 unspecified atom stereocenters. The Morgan fingerprint density at radius 3 is 2.52 bits per heavy atom. The number of nitrogens with one attached hydrogen (secondary N) is 2. The minimum absolute atomic E-state index is 0. The monoisotopic (exact) mass is 425 g/mol. The third kappa shape index (κ3) is 7.86. The van der Waals surface area contributed by atoms with Gasteiger partial charge in [0.15, 0.2) is 6.61 Å². The highest BCUT2D eigenvalue weighted by Gasteiger charge is 2.24. The number of likely N-dealkylation sites (N-methyl/N-ethyl adjacent to an activating group) is 1. The second-order valence-electron chi connectivity index (χ2n) is 7.91. The van der Waals surface area contributed by atoms with Crippen LogP contribution in [-0.2, 0) is 9.59 Å². The lowest BCUT2D eigenvalue weighted by atomic mass is 9.84. The van der Waals surface area contributed by atoms with E-state index in [1.54, 1.807) is 14.1 Å². The lowest BCUT2D eigenvalue weighted by Crippen LogP contribution is -2.34. The van der Waals surface area contributed by atoms with Gasteiger partial charge in [-0.2, -0.15) is 0 Å². The number of rotatable bonds is 9. The van der Waals surface area contributed by atoms with Gasteiger partial charge in [-0.1, -0.05) is 32.0 Å². The van der Waals surface area contributed by atoms with Crippen molar-refractivity contribution in [3.05, 3.63) is 29.8 Å². The summed E-state index contributed by atoms with van der Waals surface area (Å²) in [6.45, 7) is 6.31. The second-order valence-corrected chi connectivity index (χ2v) is 7.91. The molecular weight excluding hydrogens is 390 g/mol. The fraction of sp³-hybridized carbons (Fsp3) is 0.636. The molecule has 1 saturated heterocycles. The molecule has 2 amide bonds. The van der Waals surface area contributed by atoms with Gasteiger partial charge in [-0.15, -0.1) is 12.4 Å². The van der Waals surface area contributed by atoms with Crippen LogP contribution in [0.2, 0.25) is 0 Å². The summed E-state index contributed by atoms with van der Waals surface area (Å²) in [5, 5.41) is 6.55. The first-order valence-corrected chi connectivity index (χ1v) is 10.3. The Balaban J connectivity index is 0.00000420. The third-order valence-corrected chi connectivity index (χ3v) is 5.58. The van der Waals surface area contributed by atoms with Crippen LogP contribution in [0, 0.1) is 11.8 Å². The van der Waals surface area contributed by atoms with Gasteiger partial charge in [0, 0.05) is 26.1 Å². The molecule has 1 fully saturated rings. The highest BCUT2D eigenvalue weighted by atomic mass is 35.5. The Morgan fingerprint density at radius 1 is 1.24 bits per heavy atom. The van der Waals surface area contributed by atoms with Gasteiger partial charge in [0.2, 0.25) is 5.91 Å². The van der Waals surface area contributed by atoms with Crippen LogP contribution in [0.1, 0.15) is 51.1 Å². The number of piperidine rings is 1. The smallest absolute Gasteiger partial charge is 0.259 e. The average Bonchev–Trinajstić information content (AvgIpc) is 2.71. The van der Waals surface area contributed by atoms with Gasteiger partial charge in [-0.25, -0.2) is 0 Å². The van der Waals surface area contributed by atoms with Gasteiger partial charge in [0.1, 0.15) is 5.75 Å². The van der Waals surface area contributed by atoms with Gasteiger partial charge in [0.05, 0.1) is 6.04 Å². The van der Waals surface area contributed by atoms with Crippen LogP contribution in [0.4, 0.5) is 0 Å². The first-order valence-electron chi connectivity index (χ1n) is 10.3. The second kappa shape index (κ2) is 12.7. The van der Waals surface area contributed by atoms with Crippen molar-refractivity contribution >= 4 is 24.2 Å². The van der Waals surface area contributed by atoms with E-state index in [1.807, 2.05) is 31.2 Å². The Kier molecular flexibility index (Phi) is 11.1. The summed E-state index contributed by atoms with van der Waals surface area (Å²) in [4.78, 5) is 26.0. The van der Waals surface area contributed by atoms with E-state index in [0.717, 1.165) is 37.9 Å². The Labute approximate surface area is 181 Å². The van der Waals surface area contributed by atoms with Crippen molar-refractivity contribution in [2.75, 3.05) is 33.8 Å². The van der Waals surface area contributed by atoms with Crippen LogP contribution in [0.5, 0.6) is 5.75 Å². The van der Waals surface area contributed by atoms with Gasteiger partial charge >= 0.3 is 0 Å². The number of amides is 2. The molecule has 6 nitrogen and oxygen atoms in total. The quantitative estimate of drug-likeness (QED) is 0.637. The maximum atomic E-state index is 12.7. The zero-order chi connectivity index (χ0) is 20.5. The van der Waals surface area contributed by atoms with E-state index in [9.17, 15) is 9.59 Å². The van der Waals surface area contributed by atoms with Gasteiger partial charge < -0.3 is 20.3 Å². The number of carbonyl (C=O) groups excluding carboxylic acids is 2. The largest absolute Gasteiger partial charge is 0.483 e. The number of nitrogens with zero attached hydrogens (tertiary/aromatic N) is 1. The average molecular weight is 426 g/mol. The Morgan fingerprint density at radius 2 is 1.90 bits per heavy atom. The number of hydrogen-bond donors (Lipinski definition) is 2. The highest BCUT2D eigenvalue weighted by Crippen LogP contribution is 2.28. The number of ether oxygens (including phenoxy) is 1. The summed E-state index contributed by atoms with van der Waals surface area (Å²) in [6, 6.07) is 7.50. The van der Waals surface area contributed by atoms with Crippen molar-refractivity contribution in [2.45, 2.75) is 45.6 Å². The zero-order valence-corrected chi connectivity index (χ0v) is 18.9. The summed E-state index contributed by atoms with van der Waals surface area (Å²) >= 11 is 0. The predicted octanol–water partition coefficient (Wildman–Crippen LogP) is 3.17. The zero-order valence-electron chi connectivity index (χ0n) is 18.1. The third-order valence-electron chi connectivity index (χ3n) is 5.58. The van der Waals surface area contributed by atoms with Crippen LogP contribution in [0.25, 0.3) is 0 Å². The van der Waals surface area contributed by atoms with Crippen molar-refractivity contribution in [3.63, 3.8) is 0 Å². The summed E-state index contributed by atoms with van der Waals surface area (Å²) in [6.07, 6.45) is 3.59. The molecule has 2 atom stereocenters. The molecule has 1 aliphatic heterocycles. The summed E-state index contributed by atoms with van der Waals surface area (Å²) < 4.78 is 5.75. The van der Waals surface area contributed by atoms with Crippen LogP contribution in [0.15, 0.2) is 24.3 Å². The molecule has 1 aliphatic rings. The minimum Gasteiger partial charge on any atom is -0.483 e. The van der Waals surface area contributed by atoms with Crippen molar-refractivity contribution in [1.29, 1.82) is 0 Å². The van der Waals surface area contributed by atoms with Crippen LogP contribution < -0.4 is 15.4 Å². The lowest BCUT2D eigenvalue weighted by Gasteiger charge is -2.28. The van der Waals surface area contributed by atoms with Gasteiger partial charge in [0.25, 0.3) is 5.91 Å². The Hall–Kier alpha value is -1.79. The van der Waals surface area contributed by atoms with Gasteiger partial charge in [-0.3, -0.25) is 9.59 Å². The SMILES string of the molecule is CCC(NC(=O)CC(C)C1CCNCC1)c1ccccc1OCC(=O)N(C)C.Cl. The van der Waals surface area contributed by atoms with Crippen LogP contribution in [-0.4, -0.2) is 50.5 Å². The number of carbonyl (C=O) groups is 2. The topological polar surface area (TPSA) is 70.7 Å². The molecule has 2 N–H and O–H groups in total. The first-order chi connectivity index (χ1) is 13.4. The molecule has 164 valence electrons. The summed E-state index contributed by atoms with van der Waals surface area (Å²) in [5.41, 5.74) is 0.916. The van der Waals surface area contributed by atoms with E-state index in [-0.39, 0.29) is 36.9 Å². The molecule has 0 saturated carbocycles. The van der Waals surface area contributed by atoms with E-state index >= 15 is 0 Å². The normalized spacial score (nSPS) is 16.3. The molecule has 0 bridgehead atoms. The maximum absolute atomic E-state index is 12.7. The van der Waals surface area contributed by atoms with Crippen molar-refractivity contribution in [3.8, 4) is 5.75 Å². The molecule has 0 aliphatic carbocycles. The molecule has 0 spiro atoms. The van der Waals surface area contributed by atoms with Crippen LogP contribution >= 0.6 is 12.4 Å². The number of para-hydroxylation sites is 1. The molecule has 1 aromatic carbocycles. The molecule has 0 radical (unpaired) electrons. The van der Waals surface area contributed by atoms with E-state index < -0.39 is 0 Å². The highest BCUT2D eigenvalue weighted by molar-refractivity contribution is 5.85. The van der Waals surface area contributed by atoms with E-state index in [2.05, 4.69) is 17.6 Å². The Bertz CT molecular complexity index is 648. The molecule has 29 heavy (non-hydrogen) atoms. The fourth-order valence-electron chi connectivity index (χ4n) is 3.69. The number of hydrogen-bond acceptors (Lipinski definition) is 4. The van der Waals surface area contributed by atoms with E-state index in [4.69, 9.17) is 4.74 Å². The first kappa shape index (κ1) is 25.2. The molecule has 0 aromatic heterocycles. The van der Waals surface area contributed by atoms with Crippen molar-refractivity contribution < 1.29 is 14.3 Å². The maximum Gasteiger partial charge on any atom is 0.259 e. The molecule has 7 heteroatoms. The predicted molar refractivity (Wildman–Crippen MR) is 118 cm³/mol. The lowest BCUT2D eigenvalue weighted by molar-refractivity contribution is -0.130. The number of benzene rings is 1. The number of halogens is 1. The van der Waals surface area contributed by atoms with Gasteiger partial charge in [-0.05, 0) is 50.3 Å². The van der Waals surface area contributed by atoms with Crippen LogP contribution in [0.3, 0.4) is 0 Å². The molecule has 2 rings (SSSR count). The van der Waals surface area contributed by atoms with Crippen molar-refractivity contribution in [1.82, 2.24) is 15.5 Å². The summed E-state index contributed by atoms with van der Waals surface area (Å²) in [5.74, 6) is 1.62. The molecule has 1 heterocycles.